The second-order valence-electron chi connectivity index (χ2n) is 8.52. The van der Waals surface area contributed by atoms with E-state index in [0.717, 1.165) is 13.2 Å². The highest BCUT2D eigenvalue weighted by molar-refractivity contribution is 7.88. The van der Waals surface area contributed by atoms with Gasteiger partial charge in [0.15, 0.2) is 0 Å². The Balaban J connectivity index is 1.73. The Bertz CT molecular complexity index is 1110. The number of carbonyl (C=O) groups is 1. The molecular weight excluding hydrogens is 419 g/mol. The zero-order chi connectivity index (χ0) is 23.3. The minimum absolute atomic E-state index is 0.0137. The Kier molecular flexibility index (Phi) is 5.54. The number of hydrogen-bond acceptors (Lipinski definition) is 4. The molecule has 2 saturated heterocycles. The highest BCUT2D eigenvalue weighted by atomic mass is 32.2. The average molecular weight is 448 g/mol. The van der Waals surface area contributed by atoms with E-state index in [1.165, 1.54) is 4.90 Å². The zero-order valence-electron chi connectivity index (χ0n) is 18.5. The van der Waals surface area contributed by atoms with Gasteiger partial charge in [0.2, 0.25) is 10.0 Å². The number of amides is 1. The molecule has 2 bridgehead atoms. The van der Waals surface area contributed by atoms with Crippen LogP contribution in [0, 0.1) is 11.7 Å². The van der Waals surface area contributed by atoms with Crippen LogP contribution in [0.2, 0.25) is 0 Å². The minimum Gasteiger partial charge on any atom is -0.384 e. The summed E-state index contributed by atoms with van der Waals surface area (Å²) in [5, 5.41) is 10.1. The third kappa shape index (κ3) is 4.37. The second kappa shape index (κ2) is 8.33. The number of halogens is 1. The number of fused-ring (bicyclic) bond motifs is 2. The number of nitrogens with zero attached hydrogens (tertiary/aromatic N) is 1. The Hall–Kier alpha value is -2.29. The van der Waals surface area contributed by atoms with E-state index in [4.69, 9.17) is 1.37 Å². The van der Waals surface area contributed by atoms with Crippen LogP contribution in [0.1, 0.15) is 26.7 Å². The SMILES string of the molecule is [2H][C@](C)(O)C(=O)N1C2CC(C2)[C@H](NS(C)(=O)=O)[C@@H]1Cc1cccc(-c2ccccc2)c1F. The number of aliphatic hydroxyl groups is 1. The second-order valence-corrected chi connectivity index (χ2v) is 10.3. The molecule has 1 saturated carbocycles. The van der Waals surface area contributed by atoms with Gasteiger partial charge < -0.3 is 10.0 Å². The van der Waals surface area contributed by atoms with Crippen LogP contribution in [0.4, 0.5) is 4.39 Å². The number of benzene rings is 2. The molecule has 3 atom stereocenters. The van der Waals surface area contributed by atoms with Crippen molar-refractivity contribution in [2.45, 2.75) is 50.4 Å². The molecule has 0 aromatic heterocycles. The topological polar surface area (TPSA) is 86.7 Å². The first-order valence-electron chi connectivity index (χ1n) is 10.8. The van der Waals surface area contributed by atoms with E-state index >= 15 is 4.39 Å². The Morgan fingerprint density at radius 3 is 2.55 bits per heavy atom. The van der Waals surface area contributed by atoms with E-state index in [2.05, 4.69) is 4.72 Å². The van der Waals surface area contributed by atoms with E-state index in [0.29, 0.717) is 29.5 Å². The fourth-order valence-corrected chi connectivity index (χ4v) is 5.71. The van der Waals surface area contributed by atoms with Crippen LogP contribution < -0.4 is 4.72 Å². The van der Waals surface area contributed by atoms with Crippen LogP contribution in [0.3, 0.4) is 0 Å². The highest BCUT2D eigenvalue weighted by Gasteiger charge is 2.53. The van der Waals surface area contributed by atoms with E-state index in [-0.39, 0.29) is 18.4 Å². The maximum atomic E-state index is 15.5. The van der Waals surface area contributed by atoms with Crippen molar-refractivity contribution in [1.82, 2.24) is 9.62 Å². The standard InChI is InChI=1S/C23H27FN2O4S/c1-14(27)23(28)26-18-11-17(12-18)22(25-31(2,29)30)20(26)13-16-9-6-10-19(21(16)24)15-7-4-3-5-8-15/h3-10,14,17-18,20,22,25,27H,11-13H2,1-2H3/t14-,17?,18?,20+,22+/m1/s1/i14D. The van der Waals surface area contributed by atoms with Gasteiger partial charge in [0, 0.05) is 17.6 Å². The van der Waals surface area contributed by atoms with Crippen molar-refractivity contribution < 1.29 is 24.1 Å². The molecule has 0 spiro atoms. The van der Waals surface area contributed by atoms with Gasteiger partial charge in [-0.25, -0.2) is 17.5 Å². The summed E-state index contributed by atoms with van der Waals surface area (Å²) >= 11 is 0. The fraction of sp³-hybridized carbons (Fsp3) is 0.435. The van der Waals surface area contributed by atoms with Crippen molar-refractivity contribution in [3.8, 4) is 11.1 Å². The normalized spacial score (nSPS) is 27.7. The number of hydrogen-bond donors (Lipinski definition) is 2. The number of carbonyl (C=O) groups excluding carboxylic acids is 1. The highest BCUT2D eigenvalue weighted by Crippen LogP contribution is 2.44. The van der Waals surface area contributed by atoms with E-state index < -0.39 is 39.9 Å². The van der Waals surface area contributed by atoms with Gasteiger partial charge in [0.05, 0.1) is 13.7 Å². The van der Waals surface area contributed by atoms with E-state index in [1.807, 2.05) is 18.2 Å². The van der Waals surface area contributed by atoms with Gasteiger partial charge in [-0.2, -0.15) is 0 Å². The van der Waals surface area contributed by atoms with Crippen molar-refractivity contribution >= 4 is 15.9 Å². The molecule has 6 nitrogen and oxygen atoms in total. The van der Waals surface area contributed by atoms with Gasteiger partial charge in [0.1, 0.15) is 11.9 Å². The molecule has 3 aliphatic rings. The molecule has 2 aromatic rings. The third-order valence-electron chi connectivity index (χ3n) is 6.31. The molecule has 8 heteroatoms. The van der Waals surface area contributed by atoms with Crippen molar-refractivity contribution in [1.29, 1.82) is 0 Å². The molecule has 2 N–H and O–H groups in total. The summed E-state index contributed by atoms with van der Waals surface area (Å²) < 4.78 is 50.1. The van der Waals surface area contributed by atoms with Crippen LogP contribution in [0.5, 0.6) is 0 Å². The molecule has 5 rings (SSSR count). The Morgan fingerprint density at radius 2 is 1.94 bits per heavy atom. The number of rotatable bonds is 6. The zero-order valence-corrected chi connectivity index (χ0v) is 18.3. The molecule has 1 amide bonds. The van der Waals surface area contributed by atoms with Crippen molar-refractivity contribution in [2.75, 3.05) is 6.26 Å². The van der Waals surface area contributed by atoms with Crippen LogP contribution in [0.25, 0.3) is 11.1 Å². The third-order valence-corrected chi connectivity index (χ3v) is 7.01. The molecular formula is C23H27FN2O4S. The van der Waals surface area contributed by atoms with Gasteiger partial charge in [-0.1, -0.05) is 48.5 Å². The van der Waals surface area contributed by atoms with Crippen LogP contribution in [-0.4, -0.2) is 54.8 Å². The van der Waals surface area contributed by atoms with Gasteiger partial charge in [-0.15, -0.1) is 0 Å². The fourth-order valence-electron chi connectivity index (χ4n) is 4.86. The molecule has 31 heavy (non-hydrogen) atoms. The van der Waals surface area contributed by atoms with E-state index in [9.17, 15) is 18.3 Å². The van der Waals surface area contributed by atoms with Crippen LogP contribution >= 0.6 is 0 Å². The maximum Gasteiger partial charge on any atom is 0.251 e. The van der Waals surface area contributed by atoms with Crippen molar-refractivity contribution in [3.05, 3.63) is 59.9 Å². The Morgan fingerprint density at radius 1 is 1.26 bits per heavy atom. The summed E-state index contributed by atoms with van der Waals surface area (Å²) in [5.41, 5.74) is 1.48. The predicted octanol–water partition coefficient (Wildman–Crippen LogP) is 2.32. The van der Waals surface area contributed by atoms with Crippen molar-refractivity contribution in [3.63, 3.8) is 0 Å². The lowest BCUT2D eigenvalue weighted by Gasteiger charge is -2.58. The molecule has 1 aliphatic carbocycles. The lowest BCUT2D eigenvalue weighted by Crippen LogP contribution is -2.71. The molecule has 2 heterocycles. The first kappa shape index (κ1) is 20.6. The smallest absolute Gasteiger partial charge is 0.251 e. The van der Waals surface area contributed by atoms with Gasteiger partial charge in [-0.3, -0.25) is 4.79 Å². The molecule has 2 aliphatic heterocycles. The average Bonchev–Trinajstić information content (AvgIpc) is 2.67. The summed E-state index contributed by atoms with van der Waals surface area (Å²) in [6.07, 6.45) is -0.0798. The molecule has 3 fully saturated rings. The summed E-state index contributed by atoms with van der Waals surface area (Å²) in [7, 11) is -3.59. The molecule has 0 unspecified atom stereocenters. The number of nitrogens with one attached hydrogen (secondary N) is 1. The minimum atomic E-state index is -3.59. The molecule has 0 radical (unpaired) electrons. The first-order chi connectivity index (χ1) is 15.0. The first-order valence-corrected chi connectivity index (χ1v) is 12.2. The summed E-state index contributed by atoms with van der Waals surface area (Å²) in [4.78, 5) is 14.4. The lowest BCUT2D eigenvalue weighted by atomic mass is 9.66. The maximum absolute atomic E-state index is 15.5. The Labute approximate surface area is 183 Å². The number of sulfonamides is 1. The monoisotopic (exact) mass is 447 g/mol. The largest absolute Gasteiger partial charge is 0.384 e. The van der Waals surface area contributed by atoms with Gasteiger partial charge in [0.25, 0.3) is 5.91 Å². The molecule has 166 valence electrons. The molecule has 2 aromatic carbocycles. The quantitative estimate of drug-likeness (QED) is 0.712. The lowest BCUT2D eigenvalue weighted by molar-refractivity contribution is -0.157. The van der Waals surface area contributed by atoms with Crippen LogP contribution in [0.15, 0.2) is 48.5 Å². The van der Waals surface area contributed by atoms with Gasteiger partial charge >= 0.3 is 0 Å². The van der Waals surface area contributed by atoms with Crippen LogP contribution in [-0.2, 0) is 21.2 Å². The summed E-state index contributed by atoms with van der Waals surface area (Å²) in [6, 6.07) is 12.6. The number of piperidine rings is 2. The van der Waals surface area contributed by atoms with E-state index in [1.54, 1.807) is 30.3 Å². The van der Waals surface area contributed by atoms with Crippen molar-refractivity contribution in [2.24, 2.45) is 5.92 Å². The summed E-state index contributed by atoms with van der Waals surface area (Å²) in [6.45, 7) is 1.09. The predicted molar refractivity (Wildman–Crippen MR) is 116 cm³/mol. The summed E-state index contributed by atoms with van der Waals surface area (Å²) in [5.74, 6) is -1.22. The van der Waals surface area contributed by atoms with Gasteiger partial charge in [-0.05, 0) is 43.2 Å².